The van der Waals surface area contributed by atoms with Crippen molar-refractivity contribution in [3.63, 3.8) is 0 Å². The zero-order chi connectivity index (χ0) is 20.8. The summed E-state index contributed by atoms with van der Waals surface area (Å²) in [6.07, 6.45) is 0. The summed E-state index contributed by atoms with van der Waals surface area (Å²) in [7, 11) is 0. The molecule has 0 saturated carbocycles. The van der Waals surface area contributed by atoms with E-state index < -0.39 is 11.8 Å². The van der Waals surface area contributed by atoms with Crippen molar-refractivity contribution in [3.05, 3.63) is 70.4 Å². The number of amides is 1. The maximum atomic E-state index is 14.1. The van der Waals surface area contributed by atoms with Gasteiger partial charge in [0, 0.05) is 17.2 Å². The zero-order valence-electron chi connectivity index (χ0n) is 15.3. The first-order valence-electron chi connectivity index (χ1n) is 8.48. The first-order valence-corrected chi connectivity index (χ1v) is 10.7. The second-order valence-electron chi connectivity index (χ2n) is 5.81. The van der Waals surface area contributed by atoms with E-state index in [0.717, 1.165) is 4.90 Å². The summed E-state index contributed by atoms with van der Waals surface area (Å²) >= 11 is 8.51. The highest BCUT2D eigenvalue weighted by Gasteiger charge is 2.21. The Labute approximate surface area is 180 Å². The van der Waals surface area contributed by atoms with Gasteiger partial charge in [-0.3, -0.25) is 14.5 Å². The summed E-state index contributed by atoms with van der Waals surface area (Å²) in [6.45, 7) is 1.29. The lowest BCUT2D eigenvalue weighted by molar-refractivity contribution is -0.141. The summed E-state index contributed by atoms with van der Waals surface area (Å²) in [4.78, 5) is 30.3. The van der Waals surface area contributed by atoms with Gasteiger partial charge in [0.1, 0.15) is 12.4 Å². The number of hydrogen-bond acceptors (Lipinski definition) is 6. The van der Waals surface area contributed by atoms with Gasteiger partial charge in [0.15, 0.2) is 5.13 Å². The van der Waals surface area contributed by atoms with E-state index in [1.54, 1.807) is 23.6 Å². The normalized spacial score (nSPS) is 10.6. The summed E-state index contributed by atoms with van der Waals surface area (Å²) < 4.78 is 19.3. The van der Waals surface area contributed by atoms with Crippen molar-refractivity contribution in [1.29, 1.82) is 0 Å². The Bertz CT molecular complexity index is 1030. The van der Waals surface area contributed by atoms with Crippen LogP contribution >= 0.6 is 34.7 Å². The number of thiazole rings is 1. The van der Waals surface area contributed by atoms with E-state index in [0.29, 0.717) is 15.8 Å². The summed E-state index contributed by atoms with van der Waals surface area (Å²) in [5.41, 5.74) is 0.595. The van der Waals surface area contributed by atoms with Gasteiger partial charge in [-0.25, -0.2) is 9.37 Å². The first kappa shape index (κ1) is 21.3. The maximum absolute atomic E-state index is 14.1. The molecule has 2 aromatic carbocycles. The standard InChI is InChI=1S/C20H16ClFN2O3S2/c1-13(25)24(17-8-4-3-7-16(17)22)20-23-14(11-29-20)10-27-19(26)12-28-18-9-5-2-6-15(18)21/h2-9,11H,10,12H2,1H3. The number of aromatic nitrogens is 1. The minimum Gasteiger partial charge on any atom is -0.459 e. The lowest BCUT2D eigenvalue weighted by Gasteiger charge is -2.18. The number of esters is 1. The number of ether oxygens (including phenoxy) is 1. The van der Waals surface area contributed by atoms with E-state index in [1.807, 2.05) is 18.2 Å². The Morgan fingerprint density at radius 1 is 1.21 bits per heavy atom. The summed E-state index contributed by atoms with van der Waals surface area (Å²) in [5.74, 6) is -1.20. The van der Waals surface area contributed by atoms with Gasteiger partial charge in [-0.05, 0) is 24.3 Å². The van der Waals surface area contributed by atoms with E-state index in [2.05, 4.69) is 4.98 Å². The average molecular weight is 451 g/mol. The fourth-order valence-electron chi connectivity index (χ4n) is 2.40. The molecule has 0 fully saturated rings. The third kappa shape index (κ3) is 5.56. The summed E-state index contributed by atoms with van der Waals surface area (Å²) in [6, 6.07) is 13.2. The first-order chi connectivity index (χ1) is 14.0. The van der Waals surface area contributed by atoms with Gasteiger partial charge in [0.05, 0.1) is 22.2 Å². The molecule has 0 unspecified atom stereocenters. The fourth-order valence-corrected chi connectivity index (χ4v) is 4.30. The molecule has 0 radical (unpaired) electrons. The molecule has 29 heavy (non-hydrogen) atoms. The Balaban J connectivity index is 1.61. The van der Waals surface area contributed by atoms with Crippen molar-refractivity contribution < 1.29 is 18.7 Å². The van der Waals surface area contributed by atoms with Crippen LogP contribution in [0.25, 0.3) is 0 Å². The molecule has 3 aromatic rings. The lowest BCUT2D eigenvalue weighted by atomic mass is 10.3. The quantitative estimate of drug-likeness (QED) is 0.353. The second kappa shape index (κ2) is 9.87. The second-order valence-corrected chi connectivity index (χ2v) is 8.07. The zero-order valence-corrected chi connectivity index (χ0v) is 17.7. The van der Waals surface area contributed by atoms with Gasteiger partial charge < -0.3 is 4.74 Å². The Morgan fingerprint density at radius 2 is 1.93 bits per heavy atom. The van der Waals surface area contributed by atoms with Crippen LogP contribution in [-0.2, 0) is 20.9 Å². The van der Waals surface area contributed by atoms with Crippen molar-refractivity contribution in [2.75, 3.05) is 10.7 Å². The van der Waals surface area contributed by atoms with Gasteiger partial charge in [0.2, 0.25) is 5.91 Å². The Hall–Kier alpha value is -2.42. The largest absolute Gasteiger partial charge is 0.459 e. The minimum absolute atomic E-state index is 0.0402. The van der Waals surface area contributed by atoms with Gasteiger partial charge in [-0.1, -0.05) is 35.9 Å². The molecule has 5 nitrogen and oxygen atoms in total. The highest BCUT2D eigenvalue weighted by molar-refractivity contribution is 8.00. The number of nitrogens with zero attached hydrogens (tertiary/aromatic N) is 2. The molecule has 150 valence electrons. The van der Waals surface area contributed by atoms with Crippen LogP contribution in [0, 0.1) is 5.82 Å². The van der Waals surface area contributed by atoms with Crippen molar-refractivity contribution in [1.82, 2.24) is 4.98 Å². The van der Waals surface area contributed by atoms with Crippen LogP contribution in [0.3, 0.4) is 0 Å². The molecule has 0 saturated heterocycles. The molecule has 9 heteroatoms. The van der Waals surface area contributed by atoms with E-state index in [9.17, 15) is 14.0 Å². The molecule has 0 atom stereocenters. The summed E-state index contributed by atoms with van der Waals surface area (Å²) in [5, 5.41) is 2.55. The van der Waals surface area contributed by atoms with Gasteiger partial charge in [-0.2, -0.15) is 0 Å². The van der Waals surface area contributed by atoms with Crippen molar-refractivity contribution in [2.24, 2.45) is 0 Å². The number of anilines is 2. The Kier molecular flexibility index (Phi) is 7.24. The molecule has 0 aliphatic heterocycles. The number of carbonyl (C=O) groups excluding carboxylic acids is 2. The SMILES string of the molecule is CC(=O)N(c1nc(COC(=O)CSc2ccccc2Cl)cs1)c1ccccc1F. The number of halogens is 2. The van der Waals surface area contributed by atoms with Crippen LogP contribution in [-0.4, -0.2) is 22.6 Å². The minimum atomic E-state index is -0.525. The molecular formula is C20H16ClFN2O3S2. The van der Waals surface area contributed by atoms with E-state index in [4.69, 9.17) is 16.3 Å². The molecule has 0 spiro atoms. The predicted molar refractivity (Wildman–Crippen MR) is 113 cm³/mol. The molecule has 3 rings (SSSR count). The monoisotopic (exact) mass is 450 g/mol. The molecule has 1 aromatic heterocycles. The smallest absolute Gasteiger partial charge is 0.316 e. The van der Waals surface area contributed by atoms with Crippen LogP contribution in [0.1, 0.15) is 12.6 Å². The number of para-hydroxylation sites is 1. The molecular weight excluding hydrogens is 435 g/mol. The lowest BCUT2D eigenvalue weighted by Crippen LogP contribution is -2.23. The number of hydrogen-bond donors (Lipinski definition) is 0. The van der Waals surface area contributed by atoms with E-state index in [-0.39, 0.29) is 24.0 Å². The third-order valence-corrected chi connectivity index (χ3v) is 6.07. The average Bonchev–Trinajstić information content (AvgIpc) is 3.15. The third-order valence-electron chi connectivity index (χ3n) is 3.70. The molecule has 0 aliphatic carbocycles. The van der Waals surface area contributed by atoms with Gasteiger partial charge >= 0.3 is 5.97 Å². The van der Waals surface area contributed by atoms with E-state index in [1.165, 1.54) is 47.1 Å². The van der Waals surface area contributed by atoms with Crippen LogP contribution in [0.5, 0.6) is 0 Å². The van der Waals surface area contributed by atoms with Gasteiger partial charge in [-0.15, -0.1) is 23.1 Å². The van der Waals surface area contributed by atoms with Crippen molar-refractivity contribution >= 4 is 57.4 Å². The Morgan fingerprint density at radius 3 is 2.66 bits per heavy atom. The highest BCUT2D eigenvalue weighted by atomic mass is 35.5. The number of thioether (sulfide) groups is 1. The van der Waals surface area contributed by atoms with Crippen molar-refractivity contribution in [3.8, 4) is 0 Å². The maximum Gasteiger partial charge on any atom is 0.316 e. The van der Waals surface area contributed by atoms with Crippen LogP contribution in [0.2, 0.25) is 5.02 Å². The van der Waals surface area contributed by atoms with Crippen molar-refractivity contribution in [2.45, 2.75) is 18.4 Å². The van der Waals surface area contributed by atoms with Crippen LogP contribution in [0.15, 0.2) is 58.8 Å². The van der Waals surface area contributed by atoms with Gasteiger partial charge in [0.25, 0.3) is 0 Å². The van der Waals surface area contributed by atoms with Crippen LogP contribution < -0.4 is 4.90 Å². The fraction of sp³-hybridized carbons (Fsp3) is 0.150. The van der Waals surface area contributed by atoms with E-state index >= 15 is 0 Å². The molecule has 0 bridgehead atoms. The highest BCUT2D eigenvalue weighted by Crippen LogP contribution is 2.31. The molecule has 0 aliphatic rings. The van der Waals surface area contributed by atoms with Crippen LogP contribution in [0.4, 0.5) is 15.2 Å². The molecule has 1 heterocycles. The predicted octanol–water partition coefficient (Wildman–Crippen LogP) is 5.46. The topological polar surface area (TPSA) is 59.5 Å². The molecule has 0 N–H and O–H groups in total. The number of benzene rings is 2. The number of carbonyl (C=O) groups is 2. The number of rotatable bonds is 7. The molecule has 1 amide bonds.